The third-order valence-electron chi connectivity index (χ3n) is 6.46. The summed E-state index contributed by atoms with van der Waals surface area (Å²) >= 11 is 0. The van der Waals surface area contributed by atoms with Crippen molar-refractivity contribution in [3.05, 3.63) is 107 Å². The molecule has 0 aromatic heterocycles. The molecule has 0 amide bonds. The number of ether oxygens (including phenoxy) is 3. The molecule has 5 nitrogen and oxygen atoms in total. The smallest absolute Gasteiger partial charge is 0.338 e. The van der Waals surface area contributed by atoms with Gasteiger partial charge in [-0.1, -0.05) is 78.7 Å². The summed E-state index contributed by atoms with van der Waals surface area (Å²) < 4.78 is 16.3. The molecule has 39 heavy (non-hydrogen) atoms. The van der Waals surface area contributed by atoms with Gasteiger partial charge in [0.05, 0.1) is 18.8 Å². The van der Waals surface area contributed by atoms with Gasteiger partial charge in [0, 0.05) is 12.0 Å². The van der Waals surface area contributed by atoms with Crippen LogP contribution in [0, 0.1) is 12.8 Å². The quantitative estimate of drug-likeness (QED) is 0.149. The van der Waals surface area contributed by atoms with Crippen LogP contribution in [-0.2, 0) is 27.3 Å². The highest BCUT2D eigenvalue weighted by Gasteiger charge is 2.11. The van der Waals surface area contributed by atoms with Crippen LogP contribution in [-0.4, -0.2) is 25.2 Å². The minimum absolute atomic E-state index is 0.140. The van der Waals surface area contributed by atoms with E-state index in [9.17, 15) is 9.59 Å². The van der Waals surface area contributed by atoms with Crippen molar-refractivity contribution in [1.29, 1.82) is 0 Å². The third-order valence-corrected chi connectivity index (χ3v) is 6.46. The van der Waals surface area contributed by atoms with Crippen molar-refractivity contribution in [3.63, 3.8) is 0 Å². The molecule has 0 spiro atoms. The Labute approximate surface area is 232 Å². The molecule has 0 aliphatic heterocycles. The topological polar surface area (TPSA) is 61.8 Å². The number of rotatable bonds is 15. The zero-order chi connectivity index (χ0) is 27.9. The molecular weight excluding hydrogens is 488 g/mol. The molecule has 0 heterocycles. The maximum Gasteiger partial charge on any atom is 0.338 e. The van der Waals surface area contributed by atoms with Crippen molar-refractivity contribution in [1.82, 2.24) is 0 Å². The zero-order valence-corrected chi connectivity index (χ0v) is 23.4. The Bertz CT molecular complexity index is 1200. The van der Waals surface area contributed by atoms with Crippen LogP contribution in [0.4, 0.5) is 0 Å². The van der Waals surface area contributed by atoms with Crippen molar-refractivity contribution in [2.75, 3.05) is 13.2 Å². The minimum Gasteiger partial charge on any atom is -0.488 e. The van der Waals surface area contributed by atoms with Crippen molar-refractivity contribution < 1.29 is 23.8 Å². The molecule has 1 unspecified atom stereocenters. The Hall–Kier alpha value is -3.86. The van der Waals surface area contributed by atoms with E-state index in [0.717, 1.165) is 48.1 Å². The second-order valence-electron chi connectivity index (χ2n) is 9.60. The summed E-state index contributed by atoms with van der Waals surface area (Å²) in [6.07, 6.45) is 8.27. The van der Waals surface area contributed by atoms with E-state index < -0.39 is 0 Å². The highest BCUT2D eigenvalue weighted by molar-refractivity contribution is 5.89. The third kappa shape index (κ3) is 10.4. The first-order chi connectivity index (χ1) is 19.0. The molecule has 206 valence electrons. The van der Waals surface area contributed by atoms with Crippen molar-refractivity contribution in [2.24, 2.45) is 5.92 Å². The maximum absolute atomic E-state index is 12.0. The number of hydrogen-bond donors (Lipinski definition) is 0. The minimum atomic E-state index is -0.304. The molecule has 0 radical (unpaired) electrons. The van der Waals surface area contributed by atoms with Gasteiger partial charge in [0.15, 0.2) is 0 Å². The monoisotopic (exact) mass is 528 g/mol. The number of para-hydroxylation sites is 1. The number of carbonyl (C=O) groups is 2. The standard InChI is InChI=1S/C34H40O5/c1-4-37-33(35)13-9-6-10-27(24-28-19-22-31(23-20-28)34(36)38-5-2)18-21-30-11-7-8-12-32(30)39-25-29-16-14-26(3)15-17-29/h7-8,11-12,14-23,27H,4-6,9-10,13,24-25H2,1-3H3. The molecule has 0 saturated carbocycles. The summed E-state index contributed by atoms with van der Waals surface area (Å²) in [4.78, 5) is 23.8. The van der Waals surface area contributed by atoms with Crippen LogP contribution >= 0.6 is 0 Å². The van der Waals surface area contributed by atoms with Crippen LogP contribution in [0.5, 0.6) is 5.75 Å². The number of allylic oxidation sites excluding steroid dienone is 1. The second-order valence-corrected chi connectivity index (χ2v) is 9.60. The number of benzene rings is 3. The summed E-state index contributed by atoms with van der Waals surface area (Å²) in [5.74, 6) is 0.653. The molecular formula is C34H40O5. The van der Waals surface area contributed by atoms with Gasteiger partial charge in [-0.2, -0.15) is 0 Å². The number of aryl methyl sites for hydroxylation is 1. The number of hydrogen-bond acceptors (Lipinski definition) is 5. The Balaban J connectivity index is 1.69. The van der Waals surface area contributed by atoms with E-state index in [1.807, 2.05) is 49.4 Å². The fourth-order valence-electron chi connectivity index (χ4n) is 4.30. The van der Waals surface area contributed by atoms with Crippen LogP contribution < -0.4 is 4.74 Å². The Morgan fingerprint density at radius 3 is 2.23 bits per heavy atom. The summed E-state index contributed by atoms with van der Waals surface area (Å²) in [7, 11) is 0. The lowest BCUT2D eigenvalue weighted by atomic mass is 9.92. The predicted octanol–water partition coefficient (Wildman–Crippen LogP) is 7.75. The zero-order valence-electron chi connectivity index (χ0n) is 23.4. The molecule has 5 heteroatoms. The van der Waals surface area contributed by atoms with Crippen molar-refractivity contribution in [2.45, 2.75) is 59.5 Å². The lowest BCUT2D eigenvalue weighted by molar-refractivity contribution is -0.143. The Kier molecular flexibility index (Phi) is 12.3. The molecule has 0 aliphatic carbocycles. The van der Waals surface area contributed by atoms with Gasteiger partial charge in [0.25, 0.3) is 0 Å². The normalized spacial score (nSPS) is 11.8. The molecule has 0 aliphatic rings. The van der Waals surface area contributed by atoms with E-state index in [-0.39, 0.29) is 17.9 Å². The molecule has 3 aromatic carbocycles. The van der Waals surface area contributed by atoms with Gasteiger partial charge in [0.1, 0.15) is 12.4 Å². The summed E-state index contributed by atoms with van der Waals surface area (Å²) in [5, 5.41) is 0. The second kappa shape index (κ2) is 16.2. The predicted molar refractivity (Wildman–Crippen MR) is 156 cm³/mol. The fraction of sp³-hybridized carbons (Fsp3) is 0.353. The highest BCUT2D eigenvalue weighted by Crippen LogP contribution is 2.24. The van der Waals surface area contributed by atoms with E-state index in [1.165, 1.54) is 5.56 Å². The largest absolute Gasteiger partial charge is 0.488 e. The Morgan fingerprint density at radius 2 is 1.51 bits per heavy atom. The van der Waals surface area contributed by atoms with Crippen molar-refractivity contribution >= 4 is 18.0 Å². The first-order valence-electron chi connectivity index (χ1n) is 13.9. The van der Waals surface area contributed by atoms with Gasteiger partial charge in [0.2, 0.25) is 0 Å². The molecule has 3 aromatic rings. The van der Waals surface area contributed by atoms with Crippen LogP contribution in [0.3, 0.4) is 0 Å². The van der Waals surface area contributed by atoms with E-state index in [1.54, 1.807) is 6.92 Å². The SMILES string of the molecule is CCOC(=O)CCCCC(C=Cc1ccccc1OCc1ccc(C)cc1)Cc1ccc(C(=O)OCC)cc1. The van der Waals surface area contributed by atoms with Gasteiger partial charge in [-0.15, -0.1) is 0 Å². The fourth-order valence-corrected chi connectivity index (χ4v) is 4.30. The first-order valence-corrected chi connectivity index (χ1v) is 13.9. The van der Waals surface area contributed by atoms with Gasteiger partial charge < -0.3 is 14.2 Å². The average molecular weight is 529 g/mol. The summed E-state index contributed by atoms with van der Waals surface area (Å²) in [5.41, 5.74) is 5.09. The highest BCUT2D eigenvalue weighted by atomic mass is 16.5. The maximum atomic E-state index is 12.0. The molecule has 0 bridgehead atoms. The van der Waals surface area contributed by atoms with Gasteiger partial charge >= 0.3 is 11.9 Å². The lowest BCUT2D eigenvalue weighted by Gasteiger charge is -2.14. The van der Waals surface area contributed by atoms with Crippen molar-refractivity contribution in [3.8, 4) is 5.75 Å². The molecule has 0 fully saturated rings. The van der Waals surface area contributed by atoms with Crippen LogP contribution in [0.25, 0.3) is 6.08 Å². The van der Waals surface area contributed by atoms with E-state index in [4.69, 9.17) is 14.2 Å². The van der Waals surface area contributed by atoms with Gasteiger partial charge in [-0.05, 0) is 75.3 Å². The number of carbonyl (C=O) groups excluding carboxylic acids is 2. The number of unbranched alkanes of at least 4 members (excludes halogenated alkanes) is 1. The Morgan fingerprint density at radius 1 is 0.821 bits per heavy atom. The molecule has 1 atom stereocenters. The van der Waals surface area contributed by atoms with Gasteiger partial charge in [-0.25, -0.2) is 4.79 Å². The van der Waals surface area contributed by atoms with E-state index in [0.29, 0.717) is 31.8 Å². The van der Waals surface area contributed by atoms with Gasteiger partial charge in [-0.3, -0.25) is 4.79 Å². The molecule has 0 N–H and O–H groups in total. The van der Waals surface area contributed by atoms with Crippen LogP contribution in [0.1, 0.15) is 72.1 Å². The summed E-state index contributed by atoms with van der Waals surface area (Å²) in [6, 6.07) is 24.1. The van der Waals surface area contributed by atoms with Crippen LogP contribution in [0.15, 0.2) is 78.9 Å². The lowest BCUT2D eigenvalue weighted by Crippen LogP contribution is -2.06. The molecule has 3 rings (SSSR count). The van der Waals surface area contributed by atoms with Crippen LogP contribution in [0.2, 0.25) is 0 Å². The average Bonchev–Trinajstić information content (AvgIpc) is 2.94. The van der Waals surface area contributed by atoms with E-state index >= 15 is 0 Å². The molecule has 0 saturated heterocycles. The first kappa shape index (κ1) is 29.7. The summed E-state index contributed by atoms with van der Waals surface area (Å²) in [6.45, 7) is 6.99. The number of esters is 2. The van der Waals surface area contributed by atoms with E-state index in [2.05, 4.69) is 49.4 Å².